The number of carboxylic acid groups (broad SMARTS) is 1. The van der Waals surface area contributed by atoms with Gasteiger partial charge in [-0.05, 0) is 6.92 Å². The summed E-state index contributed by atoms with van der Waals surface area (Å²) in [5.74, 6) is -0.942. The number of carboxylic acids is 1. The summed E-state index contributed by atoms with van der Waals surface area (Å²) in [5.41, 5.74) is 9.82. The van der Waals surface area contributed by atoms with E-state index >= 15 is 0 Å². The molecule has 0 amide bonds. The highest BCUT2D eigenvalue weighted by Crippen LogP contribution is 2.38. The zero-order valence-corrected chi connectivity index (χ0v) is 20.9. The number of quaternary nitrogens is 1. The minimum atomic E-state index is -4.72. The third-order valence-electron chi connectivity index (χ3n) is 5.25. The summed E-state index contributed by atoms with van der Waals surface area (Å²) in [4.78, 5) is 38.1. The maximum Gasteiger partial charge on any atom is 0.469 e. The SMILES string of the molecule is CC(=O)[O-].Nc1ncnc2c1ncn2[C@@H]1O[C@H](COP(=O)(O)O)C(O)[C@@H]1O.[NH3+]CC1C[C@H](O)C(O)[C@@H](O)O1. The van der Waals surface area contributed by atoms with Crippen LogP contribution in [0, 0.1) is 0 Å². The highest BCUT2D eigenvalue weighted by atomic mass is 31.2. The molecule has 2 saturated heterocycles. The number of imidazole rings is 1. The number of rotatable bonds is 5. The van der Waals surface area contributed by atoms with Gasteiger partial charge in [-0.2, -0.15) is 0 Å². The van der Waals surface area contributed by atoms with Crippen molar-refractivity contribution >= 4 is 30.8 Å². The van der Waals surface area contributed by atoms with Gasteiger partial charge in [-0.3, -0.25) is 9.09 Å². The Hall–Kier alpha value is -2.39. The van der Waals surface area contributed by atoms with Gasteiger partial charge >= 0.3 is 7.82 Å². The molecule has 4 rings (SSSR count). The van der Waals surface area contributed by atoms with Gasteiger partial charge in [-0.1, -0.05) is 0 Å². The smallest absolute Gasteiger partial charge is 0.469 e. The van der Waals surface area contributed by atoms with E-state index in [9.17, 15) is 14.8 Å². The molecule has 2 fully saturated rings. The molecule has 20 heteroatoms. The second-order valence-electron chi connectivity index (χ2n) is 8.14. The Kier molecular flexibility index (Phi) is 11.4. The van der Waals surface area contributed by atoms with E-state index in [2.05, 4.69) is 25.2 Å². The Morgan fingerprint density at radius 3 is 2.37 bits per heavy atom. The number of phosphoric acid groups is 1. The second-order valence-corrected chi connectivity index (χ2v) is 9.38. The van der Waals surface area contributed by atoms with Crippen LogP contribution in [0.5, 0.6) is 0 Å². The number of aliphatic hydroxyl groups excluding tert-OH is 5. The number of nitrogens with two attached hydrogens (primary N) is 1. The standard InChI is InChI=1S/C10H14N5O7P.C6H13NO4.C2H4O2/c11-8-5-9(13-2-12-8)15(3-14-5)10-7(17)6(16)4(22-10)1-21-23(18,19)20;7-2-3-1-4(8)5(9)6(10)11-3;1-2(3)4/h2-4,6-7,10,16-17H,1H2,(H2,11,12,13)(H2,18,19,20);3-6,8-10H,1-2,7H2;1H3,(H,3,4)/t4-,6?,7+,10-;3?,4-,5?,6-;/m10./s1. The van der Waals surface area contributed by atoms with Crippen LogP contribution in [0.4, 0.5) is 5.82 Å². The van der Waals surface area contributed by atoms with E-state index in [1.165, 1.54) is 17.2 Å². The zero-order valence-electron chi connectivity index (χ0n) is 20.0. The average molecular weight is 570 g/mol. The summed E-state index contributed by atoms with van der Waals surface area (Å²) in [6.45, 7) is 0.865. The number of nitrogen functional groups attached to an aromatic ring is 1. The average Bonchev–Trinajstić information content (AvgIpc) is 3.37. The van der Waals surface area contributed by atoms with Crippen LogP contribution in [0.3, 0.4) is 0 Å². The fraction of sp³-hybridized carbons (Fsp3) is 0.667. The number of nitrogens with zero attached hydrogens (tertiary/aromatic N) is 4. The number of aliphatic carboxylic acids is 1. The number of hydrogen-bond acceptors (Lipinski definition) is 15. The van der Waals surface area contributed by atoms with Gasteiger partial charge in [0.05, 0.1) is 19.0 Å². The molecule has 0 radical (unpaired) electrons. The van der Waals surface area contributed by atoms with Crippen molar-refractivity contribution in [3.8, 4) is 0 Å². The lowest BCUT2D eigenvalue weighted by Crippen LogP contribution is -2.60. The molecule has 0 aliphatic carbocycles. The van der Waals surface area contributed by atoms with E-state index in [4.69, 9.17) is 50.2 Å². The van der Waals surface area contributed by atoms with Gasteiger partial charge in [0.1, 0.15) is 48.9 Å². The van der Waals surface area contributed by atoms with E-state index in [1.54, 1.807) is 0 Å². The van der Waals surface area contributed by atoms with Gasteiger partial charge in [0.25, 0.3) is 0 Å². The van der Waals surface area contributed by atoms with E-state index in [0.29, 0.717) is 18.5 Å². The molecular formula is C18H31N6O13P. The third-order valence-corrected chi connectivity index (χ3v) is 5.74. The first kappa shape index (κ1) is 31.8. The Morgan fingerprint density at radius 1 is 1.18 bits per heavy atom. The van der Waals surface area contributed by atoms with Crippen molar-refractivity contribution in [2.75, 3.05) is 18.9 Å². The molecule has 0 saturated carbocycles. The summed E-state index contributed by atoms with van der Waals surface area (Å²) in [7, 11) is -4.72. The van der Waals surface area contributed by atoms with E-state index in [0.717, 1.165) is 6.92 Å². The highest BCUT2D eigenvalue weighted by Gasteiger charge is 2.45. The number of fused-ring (bicyclic) bond motifs is 1. The molecule has 8 atom stereocenters. The lowest BCUT2D eigenvalue weighted by atomic mass is 10.0. The number of aromatic nitrogens is 4. The topological polar surface area (TPSA) is 324 Å². The molecule has 2 aromatic rings. The molecule has 2 aromatic heterocycles. The zero-order chi connectivity index (χ0) is 28.8. The van der Waals surface area contributed by atoms with Gasteiger partial charge in [0.15, 0.2) is 24.0 Å². The van der Waals surface area contributed by atoms with Crippen LogP contribution in [0.2, 0.25) is 0 Å². The molecule has 0 bridgehead atoms. The van der Waals surface area contributed by atoms with Crippen molar-refractivity contribution in [3.05, 3.63) is 12.7 Å². The summed E-state index contributed by atoms with van der Waals surface area (Å²) in [6, 6.07) is 0. The quantitative estimate of drug-likeness (QED) is 0.151. The van der Waals surface area contributed by atoms with E-state index in [1.807, 2.05) is 0 Å². The number of ether oxygens (including phenoxy) is 2. The minimum Gasteiger partial charge on any atom is -0.550 e. The van der Waals surface area contributed by atoms with Crippen molar-refractivity contribution in [3.63, 3.8) is 0 Å². The van der Waals surface area contributed by atoms with Crippen LogP contribution < -0.4 is 16.6 Å². The molecule has 0 spiro atoms. The molecule has 4 heterocycles. The predicted octanol–water partition coefficient (Wildman–Crippen LogP) is -6.05. The molecular weight excluding hydrogens is 539 g/mol. The van der Waals surface area contributed by atoms with E-state index < -0.39 is 63.4 Å². The first-order chi connectivity index (χ1) is 17.7. The first-order valence-corrected chi connectivity index (χ1v) is 12.5. The fourth-order valence-corrected chi connectivity index (χ4v) is 3.78. The van der Waals surface area contributed by atoms with Crippen LogP contribution in [0.1, 0.15) is 19.6 Å². The van der Waals surface area contributed by atoms with Crippen molar-refractivity contribution in [2.24, 2.45) is 0 Å². The second kappa shape index (κ2) is 13.6. The van der Waals surface area contributed by atoms with Gasteiger partial charge in [0.2, 0.25) is 0 Å². The lowest BCUT2D eigenvalue weighted by molar-refractivity contribution is -0.402. The lowest BCUT2D eigenvalue weighted by Gasteiger charge is -2.32. The van der Waals surface area contributed by atoms with Crippen LogP contribution in [-0.2, 0) is 23.4 Å². The van der Waals surface area contributed by atoms with Crippen LogP contribution in [-0.4, -0.2) is 117 Å². The van der Waals surface area contributed by atoms with Crippen LogP contribution in [0.25, 0.3) is 11.2 Å². The number of carbonyl (C=O) groups is 1. The number of phosphoric ester groups is 1. The third kappa shape index (κ3) is 8.56. The largest absolute Gasteiger partial charge is 0.550 e. The number of hydrogen-bond donors (Lipinski definition) is 9. The molecule has 3 unspecified atom stereocenters. The molecule has 216 valence electrons. The van der Waals surface area contributed by atoms with Gasteiger partial charge in [0, 0.05) is 12.4 Å². The van der Waals surface area contributed by atoms with Crippen LogP contribution in [0.15, 0.2) is 12.7 Å². The molecule has 12 N–H and O–H groups in total. The summed E-state index contributed by atoms with van der Waals surface area (Å²) < 4.78 is 26.7. The Morgan fingerprint density at radius 2 is 1.82 bits per heavy atom. The molecule has 2 aliphatic heterocycles. The number of aliphatic hydroxyl groups is 5. The Bertz CT molecular complexity index is 1090. The van der Waals surface area contributed by atoms with Gasteiger partial charge in [-0.15, -0.1) is 0 Å². The predicted molar refractivity (Wildman–Crippen MR) is 120 cm³/mol. The number of carbonyl (C=O) groups excluding carboxylic acids is 1. The van der Waals surface area contributed by atoms with E-state index in [-0.39, 0.29) is 17.6 Å². The number of anilines is 1. The summed E-state index contributed by atoms with van der Waals surface area (Å²) in [6.07, 6.45) is -5.75. The minimum absolute atomic E-state index is 0.142. The van der Waals surface area contributed by atoms with Crippen molar-refractivity contribution in [1.82, 2.24) is 19.5 Å². The van der Waals surface area contributed by atoms with Crippen molar-refractivity contribution in [1.29, 1.82) is 0 Å². The molecule has 19 nitrogen and oxygen atoms in total. The van der Waals surface area contributed by atoms with Gasteiger partial charge < -0.3 is 66.2 Å². The van der Waals surface area contributed by atoms with Crippen LogP contribution >= 0.6 is 7.82 Å². The van der Waals surface area contributed by atoms with Gasteiger partial charge in [-0.25, -0.2) is 19.5 Å². The monoisotopic (exact) mass is 570 g/mol. The first-order valence-electron chi connectivity index (χ1n) is 11.0. The maximum absolute atomic E-state index is 10.7. The Labute approximate surface area is 214 Å². The molecule has 38 heavy (non-hydrogen) atoms. The Balaban J connectivity index is 0.000000281. The van der Waals surface area contributed by atoms with Crippen molar-refractivity contribution in [2.45, 2.75) is 62.5 Å². The summed E-state index contributed by atoms with van der Waals surface area (Å²) in [5, 5.41) is 56.1. The normalized spacial score (nSPS) is 31.2. The molecule has 0 aromatic carbocycles. The summed E-state index contributed by atoms with van der Waals surface area (Å²) >= 11 is 0. The highest BCUT2D eigenvalue weighted by molar-refractivity contribution is 7.46. The maximum atomic E-state index is 10.7. The molecule has 2 aliphatic rings. The van der Waals surface area contributed by atoms with Crippen molar-refractivity contribution < 1.29 is 69.5 Å². The fourth-order valence-electron chi connectivity index (χ4n) is 3.44.